The van der Waals surface area contributed by atoms with E-state index in [1.807, 2.05) is 24.3 Å². The van der Waals surface area contributed by atoms with Crippen molar-refractivity contribution < 1.29 is 29.4 Å². The molecule has 11 nitrogen and oxygen atoms in total. The van der Waals surface area contributed by atoms with Crippen LogP contribution in [0.25, 0.3) is 10.9 Å². The van der Waals surface area contributed by atoms with Crippen LogP contribution < -0.4 is 21.7 Å². The molecule has 4 unspecified atom stereocenters. The maximum absolute atomic E-state index is 12.5. The molecule has 1 aromatic carbocycles. The van der Waals surface area contributed by atoms with Crippen LogP contribution in [0.5, 0.6) is 0 Å². The Balaban J connectivity index is 2.03. The van der Waals surface area contributed by atoms with E-state index in [1.165, 1.54) is 13.8 Å². The molecule has 0 saturated heterocycles. The Labute approximate surface area is 178 Å². The number of nitrogens with one attached hydrogen (secondary N) is 4. The first-order valence-electron chi connectivity index (χ1n) is 9.69. The number of benzene rings is 1. The fraction of sp³-hybridized carbons (Fsp3) is 0.400. The van der Waals surface area contributed by atoms with Gasteiger partial charge >= 0.3 is 5.97 Å². The van der Waals surface area contributed by atoms with Gasteiger partial charge in [-0.05, 0) is 25.5 Å². The fourth-order valence-electron chi connectivity index (χ4n) is 2.89. The minimum Gasteiger partial charge on any atom is -0.480 e. The van der Waals surface area contributed by atoms with Gasteiger partial charge in [-0.1, -0.05) is 18.2 Å². The average Bonchev–Trinajstić information content (AvgIpc) is 3.13. The maximum atomic E-state index is 12.5. The van der Waals surface area contributed by atoms with E-state index < -0.39 is 54.5 Å². The molecule has 1 heterocycles. The second kappa shape index (κ2) is 10.5. The quantitative estimate of drug-likeness (QED) is 0.240. The van der Waals surface area contributed by atoms with E-state index in [2.05, 4.69) is 20.9 Å². The lowest BCUT2D eigenvalue weighted by Crippen LogP contribution is -2.57. The summed E-state index contributed by atoms with van der Waals surface area (Å²) in [4.78, 5) is 51.0. The standard InChI is InChI=1S/C20H27N5O6/c1-10(21)17(27)23-11(2)18(28)25-16(9-26)19(29)24-15(20(30)31)7-12-8-22-14-6-4-3-5-13(12)14/h3-6,8,10-11,15-16,22,26H,7,9,21H2,1-2H3,(H,23,27)(H,24,29)(H,25,28)(H,30,31). The lowest BCUT2D eigenvalue weighted by molar-refractivity contribution is -0.142. The highest BCUT2D eigenvalue weighted by Gasteiger charge is 2.28. The molecule has 4 atom stereocenters. The fourth-order valence-corrected chi connectivity index (χ4v) is 2.89. The number of aliphatic carboxylic acids is 1. The molecule has 2 aromatic rings. The molecule has 168 valence electrons. The third-order valence-corrected chi connectivity index (χ3v) is 4.69. The third-order valence-electron chi connectivity index (χ3n) is 4.69. The van der Waals surface area contributed by atoms with Crippen molar-refractivity contribution in [2.45, 2.75) is 44.4 Å². The molecule has 1 aromatic heterocycles. The molecular weight excluding hydrogens is 406 g/mol. The predicted octanol–water partition coefficient (Wildman–Crippen LogP) is -1.39. The van der Waals surface area contributed by atoms with Crippen molar-refractivity contribution in [1.82, 2.24) is 20.9 Å². The van der Waals surface area contributed by atoms with E-state index in [-0.39, 0.29) is 6.42 Å². The number of carbonyl (C=O) groups is 4. The summed E-state index contributed by atoms with van der Waals surface area (Å²) in [5.74, 6) is -3.42. The molecule has 0 fully saturated rings. The van der Waals surface area contributed by atoms with Crippen LogP contribution >= 0.6 is 0 Å². The van der Waals surface area contributed by atoms with Gasteiger partial charge in [-0.25, -0.2) is 4.79 Å². The molecule has 3 amide bonds. The molecule has 0 radical (unpaired) electrons. The Morgan fingerprint density at radius 1 is 1.00 bits per heavy atom. The molecule has 0 bridgehead atoms. The number of carboxylic acid groups (broad SMARTS) is 1. The summed E-state index contributed by atoms with van der Waals surface area (Å²) in [5.41, 5.74) is 6.95. The monoisotopic (exact) mass is 433 g/mol. The zero-order valence-electron chi connectivity index (χ0n) is 17.2. The van der Waals surface area contributed by atoms with Gasteiger partial charge in [0.05, 0.1) is 12.6 Å². The molecule has 0 spiro atoms. The van der Waals surface area contributed by atoms with Crippen LogP contribution in [0.2, 0.25) is 0 Å². The lowest BCUT2D eigenvalue weighted by Gasteiger charge is -2.22. The summed E-state index contributed by atoms with van der Waals surface area (Å²) < 4.78 is 0. The van der Waals surface area contributed by atoms with Crippen molar-refractivity contribution in [2.75, 3.05) is 6.61 Å². The number of para-hydroxylation sites is 1. The minimum atomic E-state index is -1.40. The van der Waals surface area contributed by atoms with Crippen LogP contribution in [0.15, 0.2) is 30.5 Å². The summed E-state index contributed by atoms with van der Waals surface area (Å²) in [5, 5.41) is 26.9. The van der Waals surface area contributed by atoms with Gasteiger partial charge < -0.3 is 36.9 Å². The number of H-pyrrole nitrogens is 1. The zero-order valence-corrected chi connectivity index (χ0v) is 17.2. The first kappa shape index (κ1) is 23.8. The van der Waals surface area contributed by atoms with E-state index in [4.69, 9.17) is 5.73 Å². The predicted molar refractivity (Wildman–Crippen MR) is 112 cm³/mol. The number of carbonyl (C=O) groups excluding carboxylic acids is 3. The number of fused-ring (bicyclic) bond motifs is 1. The molecule has 11 heteroatoms. The number of aromatic amines is 1. The van der Waals surface area contributed by atoms with Crippen LogP contribution in [-0.2, 0) is 25.6 Å². The van der Waals surface area contributed by atoms with Gasteiger partial charge in [0.25, 0.3) is 0 Å². The van der Waals surface area contributed by atoms with Crippen molar-refractivity contribution in [3.63, 3.8) is 0 Å². The van der Waals surface area contributed by atoms with Gasteiger partial charge in [0.1, 0.15) is 18.1 Å². The summed E-state index contributed by atoms with van der Waals surface area (Å²) in [7, 11) is 0. The molecule has 31 heavy (non-hydrogen) atoms. The van der Waals surface area contributed by atoms with Gasteiger partial charge in [-0.3, -0.25) is 14.4 Å². The Morgan fingerprint density at radius 3 is 2.26 bits per heavy atom. The van der Waals surface area contributed by atoms with Crippen LogP contribution in [0.1, 0.15) is 19.4 Å². The van der Waals surface area contributed by atoms with Crippen molar-refractivity contribution >= 4 is 34.6 Å². The summed E-state index contributed by atoms with van der Waals surface area (Å²) in [6.45, 7) is 2.08. The highest BCUT2D eigenvalue weighted by molar-refractivity contribution is 5.94. The summed E-state index contributed by atoms with van der Waals surface area (Å²) in [6, 6.07) is 2.81. The maximum Gasteiger partial charge on any atom is 0.326 e. The largest absolute Gasteiger partial charge is 0.480 e. The van der Waals surface area contributed by atoms with Crippen molar-refractivity contribution in [2.24, 2.45) is 5.73 Å². The second-order valence-corrected chi connectivity index (χ2v) is 7.23. The Hall–Kier alpha value is -3.44. The van der Waals surface area contributed by atoms with Gasteiger partial charge in [0.15, 0.2) is 0 Å². The van der Waals surface area contributed by atoms with Crippen molar-refractivity contribution in [3.8, 4) is 0 Å². The number of aromatic nitrogens is 1. The highest BCUT2D eigenvalue weighted by atomic mass is 16.4. The molecule has 0 saturated carbocycles. The van der Waals surface area contributed by atoms with Gasteiger partial charge in [-0.2, -0.15) is 0 Å². The zero-order chi connectivity index (χ0) is 23.1. The van der Waals surface area contributed by atoms with E-state index in [1.54, 1.807) is 6.20 Å². The molecule has 0 aliphatic carbocycles. The SMILES string of the molecule is CC(N)C(=O)NC(C)C(=O)NC(CO)C(=O)NC(Cc1c[nH]c2ccccc12)C(=O)O. The molecular formula is C20H27N5O6. The number of amides is 3. The molecule has 8 N–H and O–H groups in total. The number of hydrogen-bond donors (Lipinski definition) is 7. The van der Waals surface area contributed by atoms with Crippen LogP contribution in [0.3, 0.4) is 0 Å². The topological polar surface area (TPSA) is 187 Å². The minimum absolute atomic E-state index is 0.00195. The average molecular weight is 433 g/mol. The number of rotatable bonds is 10. The Kier molecular flexibility index (Phi) is 8.11. The van der Waals surface area contributed by atoms with Crippen molar-refractivity contribution in [1.29, 1.82) is 0 Å². The molecule has 0 aliphatic heterocycles. The van der Waals surface area contributed by atoms with Crippen molar-refractivity contribution in [3.05, 3.63) is 36.0 Å². The first-order valence-corrected chi connectivity index (χ1v) is 9.69. The number of hydrogen-bond acceptors (Lipinski definition) is 6. The van der Waals surface area contributed by atoms with E-state index in [9.17, 15) is 29.4 Å². The Bertz CT molecular complexity index is 956. The second-order valence-electron chi connectivity index (χ2n) is 7.23. The van der Waals surface area contributed by atoms with Crippen LogP contribution in [0.4, 0.5) is 0 Å². The third kappa shape index (κ3) is 6.27. The van der Waals surface area contributed by atoms with E-state index >= 15 is 0 Å². The van der Waals surface area contributed by atoms with Gasteiger partial charge in [0.2, 0.25) is 17.7 Å². The number of aliphatic hydroxyl groups is 1. The van der Waals surface area contributed by atoms with Gasteiger partial charge in [-0.15, -0.1) is 0 Å². The summed E-state index contributed by atoms with van der Waals surface area (Å²) in [6.07, 6.45) is 1.67. The lowest BCUT2D eigenvalue weighted by atomic mass is 10.0. The molecule has 2 rings (SSSR count). The number of aliphatic hydroxyl groups excluding tert-OH is 1. The first-order chi connectivity index (χ1) is 14.6. The van der Waals surface area contributed by atoms with E-state index in [0.29, 0.717) is 5.56 Å². The normalized spacial score (nSPS) is 14.8. The van der Waals surface area contributed by atoms with Crippen LogP contribution in [0, 0.1) is 0 Å². The highest BCUT2D eigenvalue weighted by Crippen LogP contribution is 2.19. The van der Waals surface area contributed by atoms with E-state index in [0.717, 1.165) is 10.9 Å². The summed E-state index contributed by atoms with van der Waals surface area (Å²) >= 11 is 0. The van der Waals surface area contributed by atoms with Crippen LogP contribution in [-0.4, -0.2) is 69.7 Å². The Morgan fingerprint density at radius 2 is 1.65 bits per heavy atom. The smallest absolute Gasteiger partial charge is 0.326 e. The number of carboxylic acids is 1. The molecule has 0 aliphatic rings. The van der Waals surface area contributed by atoms with Gasteiger partial charge in [0, 0.05) is 23.5 Å². The number of nitrogens with two attached hydrogens (primary N) is 1.